The van der Waals surface area contributed by atoms with Gasteiger partial charge in [0.05, 0.1) is 11.5 Å². The second kappa shape index (κ2) is 8.71. The summed E-state index contributed by atoms with van der Waals surface area (Å²) in [7, 11) is -3.62. The number of esters is 1. The summed E-state index contributed by atoms with van der Waals surface area (Å²) in [6.45, 7) is 9.37. The highest BCUT2D eigenvalue weighted by atomic mass is 32.2. The van der Waals surface area contributed by atoms with E-state index in [0.29, 0.717) is 5.57 Å². The van der Waals surface area contributed by atoms with Crippen molar-refractivity contribution in [2.24, 2.45) is 0 Å². The number of carbonyl (C=O) groups excluding carboxylic acids is 1. The van der Waals surface area contributed by atoms with Crippen LogP contribution in [-0.2, 0) is 19.6 Å². The Hall–Kier alpha value is -2.44. The molecular weight excluding hydrogens is 374 g/mol. The minimum Gasteiger partial charge on any atom is -0.463 e. The van der Waals surface area contributed by atoms with Crippen LogP contribution in [0.25, 0.3) is 5.57 Å². The van der Waals surface area contributed by atoms with Gasteiger partial charge >= 0.3 is 5.97 Å². The van der Waals surface area contributed by atoms with Crippen LogP contribution < -0.4 is 4.72 Å². The molecule has 0 aliphatic carbocycles. The lowest BCUT2D eigenvalue weighted by Crippen LogP contribution is -2.40. The van der Waals surface area contributed by atoms with Gasteiger partial charge in [-0.1, -0.05) is 42.0 Å². The van der Waals surface area contributed by atoms with Crippen molar-refractivity contribution < 1.29 is 17.9 Å². The van der Waals surface area contributed by atoms with Crippen molar-refractivity contribution in [2.45, 2.75) is 45.1 Å². The molecule has 1 N–H and O–H groups in total. The van der Waals surface area contributed by atoms with Gasteiger partial charge in [-0.15, -0.1) is 0 Å². The summed E-state index contributed by atoms with van der Waals surface area (Å²) in [5.74, 6) is -0.440. The van der Waals surface area contributed by atoms with Gasteiger partial charge in [0.1, 0.15) is 0 Å². The number of hydrogen-bond donors (Lipinski definition) is 1. The molecule has 150 valence electrons. The average molecular weight is 402 g/mol. The van der Waals surface area contributed by atoms with E-state index in [4.69, 9.17) is 4.74 Å². The third-order valence-electron chi connectivity index (χ3n) is 3.79. The zero-order valence-electron chi connectivity index (χ0n) is 16.9. The van der Waals surface area contributed by atoms with Crippen molar-refractivity contribution in [1.29, 1.82) is 0 Å². The van der Waals surface area contributed by atoms with Crippen LogP contribution in [0.1, 0.15) is 44.4 Å². The maximum Gasteiger partial charge on any atom is 0.331 e. The summed E-state index contributed by atoms with van der Waals surface area (Å²) in [5, 5.41) is 0. The maximum atomic E-state index is 12.5. The predicted molar refractivity (Wildman–Crippen MR) is 111 cm³/mol. The lowest BCUT2D eigenvalue weighted by Gasteiger charge is -2.20. The molecule has 0 spiro atoms. The molecule has 2 aromatic carbocycles. The first-order chi connectivity index (χ1) is 13.0. The number of hydrogen-bond acceptors (Lipinski definition) is 4. The molecule has 0 saturated carbocycles. The first-order valence-electron chi connectivity index (χ1n) is 9.12. The predicted octanol–water partition coefficient (Wildman–Crippen LogP) is 4.07. The molecule has 6 heteroatoms. The van der Waals surface area contributed by atoms with Crippen molar-refractivity contribution in [3.63, 3.8) is 0 Å². The zero-order valence-corrected chi connectivity index (χ0v) is 17.8. The normalized spacial score (nSPS) is 12.7. The molecule has 2 rings (SSSR count). The SMILES string of the molecule is CCOC(=O)/C=C(/c1ccc(S(=O)(=O)NC(C)(C)C)cc1)c1cccc(C)c1. The van der Waals surface area contributed by atoms with E-state index in [9.17, 15) is 13.2 Å². The van der Waals surface area contributed by atoms with Crippen molar-refractivity contribution in [1.82, 2.24) is 4.72 Å². The summed E-state index contributed by atoms with van der Waals surface area (Å²) in [6, 6.07) is 14.2. The van der Waals surface area contributed by atoms with E-state index in [1.165, 1.54) is 18.2 Å². The van der Waals surface area contributed by atoms with Gasteiger partial charge in [-0.25, -0.2) is 17.9 Å². The molecule has 28 heavy (non-hydrogen) atoms. The molecule has 0 heterocycles. The minimum atomic E-state index is -3.62. The maximum absolute atomic E-state index is 12.5. The third kappa shape index (κ3) is 6.04. The lowest BCUT2D eigenvalue weighted by molar-refractivity contribution is -0.137. The first-order valence-corrected chi connectivity index (χ1v) is 10.6. The van der Waals surface area contributed by atoms with E-state index in [2.05, 4.69) is 4.72 Å². The summed E-state index contributed by atoms with van der Waals surface area (Å²) in [6.07, 6.45) is 1.44. The molecule has 0 unspecified atom stereocenters. The number of ether oxygens (including phenoxy) is 1. The summed E-state index contributed by atoms with van der Waals surface area (Å²) in [5.41, 5.74) is 2.74. The molecular formula is C22H27NO4S. The summed E-state index contributed by atoms with van der Waals surface area (Å²) < 4.78 is 32.7. The van der Waals surface area contributed by atoms with Crippen molar-refractivity contribution >= 4 is 21.6 Å². The van der Waals surface area contributed by atoms with E-state index in [0.717, 1.165) is 16.7 Å². The average Bonchev–Trinajstić information content (AvgIpc) is 2.58. The number of carbonyl (C=O) groups is 1. The van der Waals surface area contributed by atoms with E-state index in [-0.39, 0.29) is 11.5 Å². The molecule has 0 radical (unpaired) electrons. The van der Waals surface area contributed by atoms with E-state index >= 15 is 0 Å². The Morgan fingerprint density at radius 3 is 2.25 bits per heavy atom. The quantitative estimate of drug-likeness (QED) is 0.585. The van der Waals surface area contributed by atoms with Crippen LogP contribution in [-0.4, -0.2) is 26.5 Å². The fourth-order valence-corrected chi connectivity index (χ4v) is 4.14. The summed E-state index contributed by atoms with van der Waals surface area (Å²) in [4.78, 5) is 12.2. The highest BCUT2D eigenvalue weighted by Gasteiger charge is 2.22. The van der Waals surface area contributed by atoms with Crippen LogP contribution in [0, 0.1) is 6.92 Å². The number of sulfonamides is 1. The molecule has 0 amide bonds. The van der Waals surface area contributed by atoms with E-state index in [1.54, 1.807) is 39.8 Å². The van der Waals surface area contributed by atoms with Crippen LogP contribution in [0.2, 0.25) is 0 Å². The fraction of sp³-hybridized carbons (Fsp3) is 0.318. The number of nitrogens with one attached hydrogen (secondary N) is 1. The van der Waals surface area contributed by atoms with Crippen LogP contribution in [0.4, 0.5) is 0 Å². The Balaban J connectivity index is 2.46. The van der Waals surface area contributed by atoms with Gasteiger partial charge in [0.2, 0.25) is 10.0 Å². The van der Waals surface area contributed by atoms with Crippen molar-refractivity contribution in [3.05, 3.63) is 71.3 Å². The second-order valence-electron chi connectivity index (χ2n) is 7.56. The fourth-order valence-electron chi connectivity index (χ4n) is 2.72. The molecule has 0 aromatic heterocycles. The van der Waals surface area contributed by atoms with Crippen LogP contribution in [0.3, 0.4) is 0 Å². The smallest absolute Gasteiger partial charge is 0.331 e. The van der Waals surface area contributed by atoms with E-state index in [1.807, 2.05) is 31.2 Å². The highest BCUT2D eigenvalue weighted by molar-refractivity contribution is 7.89. The lowest BCUT2D eigenvalue weighted by atomic mass is 9.96. The van der Waals surface area contributed by atoms with Gasteiger partial charge in [-0.2, -0.15) is 0 Å². The molecule has 0 bridgehead atoms. The van der Waals surface area contributed by atoms with Gasteiger partial charge < -0.3 is 4.74 Å². The first kappa shape index (κ1) is 21.9. The topological polar surface area (TPSA) is 72.5 Å². The van der Waals surface area contributed by atoms with Crippen molar-refractivity contribution in [2.75, 3.05) is 6.61 Å². The number of aryl methyl sites for hydroxylation is 1. The molecule has 2 aromatic rings. The Kier molecular flexibility index (Phi) is 6.80. The molecule has 0 saturated heterocycles. The minimum absolute atomic E-state index is 0.172. The van der Waals surface area contributed by atoms with Gasteiger partial charge in [-0.3, -0.25) is 0 Å². The molecule has 0 fully saturated rings. The van der Waals surface area contributed by atoms with Crippen molar-refractivity contribution in [3.8, 4) is 0 Å². The highest BCUT2D eigenvalue weighted by Crippen LogP contribution is 2.26. The van der Waals surface area contributed by atoms with Gasteiger partial charge in [0, 0.05) is 11.6 Å². The van der Waals surface area contributed by atoms with E-state index < -0.39 is 21.5 Å². The largest absolute Gasteiger partial charge is 0.463 e. The number of rotatable bonds is 6. The third-order valence-corrected chi connectivity index (χ3v) is 5.57. The Morgan fingerprint density at radius 1 is 1.07 bits per heavy atom. The summed E-state index contributed by atoms with van der Waals surface area (Å²) >= 11 is 0. The Labute approximate surface area is 167 Å². The van der Waals surface area contributed by atoms with Crippen LogP contribution in [0.5, 0.6) is 0 Å². The molecule has 0 aliphatic heterocycles. The Morgan fingerprint density at radius 2 is 1.71 bits per heavy atom. The monoisotopic (exact) mass is 401 g/mol. The molecule has 0 aliphatic rings. The van der Waals surface area contributed by atoms with Crippen LogP contribution in [0.15, 0.2) is 59.5 Å². The Bertz CT molecular complexity index is 968. The zero-order chi connectivity index (χ0) is 20.9. The van der Waals surface area contributed by atoms with Gasteiger partial charge in [0.15, 0.2) is 0 Å². The molecule has 0 atom stereocenters. The van der Waals surface area contributed by atoms with Gasteiger partial charge in [0.25, 0.3) is 0 Å². The number of benzene rings is 2. The second-order valence-corrected chi connectivity index (χ2v) is 9.24. The van der Waals surface area contributed by atoms with Gasteiger partial charge in [-0.05, 0) is 63.5 Å². The molecule has 5 nitrogen and oxygen atoms in total. The standard InChI is InChI=1S/C22H27NO4S/c1-6-27-21(24)15-20(18-9-7-8-16(2)14-18)17-10-12-19(13-11-17)28(25,26)23-22(3,4)5/h7-15,23H,6H2,1-5H3/b20-15-. The van der Waals surface area contributed by atoms with Crippen LogP contribution >= 0.6 is 0 Å².